The maximum atomic E-state index is 4.93. The number of nitrogens with zero attached hydrogens (tertiary/aromatic N) is 4. The molecule has 0 amide bonds. The molecule has 2 rings (SSSR count). The quantitative estimate of drug-likeness (QED) is 0.456. The third kappa shape index (κ3) is 5.62. The summed E-state index contributed by atoms with van der Waals surface area (Å²) in [5, 5.41) is 9.17. The molecule has 2 aromatic heterocycles. The predicted molar refractivity (Wildman–Crippen MR) is 95.3 cm³/mol. The Kier molecular flexibility index (Phi) is 7.65. The van der Waals surface area contributed by atoms with Gasteiger partial charge in [-0.05, 0) is 17.9 Å². The highest BCUT2D eigenvalue weighted by Crippen LogP contribution is 2.09. The Balaban J connectivity index is 0.00000220. The standard InChI is InChI=1S/C13H19N5OS.HI/c1-10-16-12(17-19-10)9-15-13(14-2)18(3)7-6-11-5-4-8-20-11;/h4-5,8H,6-7,9H2,1-3H3,(H,14,15);1H. The molecule has 0 aliphatic heterocycles. The number of nitrogens with one attached hydrogen (secondary N) is 1. The van der Waals surface area contributed by atoms with Gasteiger partial charge in [-0.2, -0.15) is 4.98 Å². The van der Waals surface area contributed by atoms with Crippen molar-refractivity contribution < 1.29 is 4.52 Å². The summed E-state index contributed by atoms with van der Waals surface area (Å²) >= 11 is 1.78. The van der Waals surface area contributed by atoms with E-state index in [1.807, 2.05) is 7.05 Å². The molecule has 21 heavy (non-hydrogen) atoms. The van der Waals surface area contributed by atoms with Gasteiger partial charge >= 0.3 is 0 Å². The number of hydrogen-bond donors (Lipinski definition) is 1. The molecule has 0 radical (unpaired) electrons. The third-order valence-corrected chi connectivity index (χ3v) is 3.76. The van der Waals surface area contributed by atoms with Crippen LogP contribution in [0, 0.1) is 6.92 Å². The van der Waals surface area contributed by atoms with Gasteiger partial charge in [0.25, 0.3) is 0 Å². The Labute approximate surface area is 145 Å². The number of rotatable bonds is 5. The van der Waals surface area contributed by atoms with Crippen LogP contribution < -0.4 is 5.32 Å². The van der Waals surface area contributed by atoms with Gasteiger partial charge in [0.1, 0.15) is 0 Å². The van der Waals surface area contributed by atoms with Crippen molar-refractivity contribution in [1.29, 1.82) is 0 Å². The van der Waals surface area contributed by atoms with E-state index in [2.05, 4.69) is 42.9 Å². The van der Waals surface area contributed by atoms with Crippen LogP contribution >= 0.6 is 35.3 Å². The molecule has 0 spiro atoms. The maximum absolute atomic E-state index is 4.93. The van der Waals surface area contributed by atoms with Gasteiger partial charge in [0.2, 0.25) is 5.89 Å². The van der Waals surface area contributed by atoms with Gasteiger partial charge in [-0.1, -0.05) is 11.2 Å². The minimum Gasteiger partial charge on any atom is -0.349 e. The molecule has 0 atom stereocenters. The second-order valence-electron chi connectivity index (χ2n) is 4.38. The number of likely N-dealkylation sites (N-methyl/N-ethyl adjacent to an activating group) is 1. The Morgan fingerprint density at radius 2 is 2.33 bits per heavy atom. The van der Waals surface area contributed by atoms with Crippen molar-refractivity contribution in [2.24, 2.45) is 4.99 Å². The SMILES string of the molecule is CN=C(NCc1noc(C)n1)N(C)CCc1cccs1.I. The van der Waals surface area contributed by atoms with E-state index in [1.54, 1.807) is 25.3 Å². The minimum atomic E-state index is 0. The summed E-state index contributed by atoms with van der Waals surface area (Å²) in [6, 6.07) is 4.22. The summed E-state index contributed by atoms with van der Waals surface area (Å²) in [5.74, 6) is 2.03. The van der Waals surface area contributed by atoms with E-state index in [4.69, 9.17) is 4.52 Å². The van der Waals surface area contributed by atoms with Crippen LogP contribution in [0.2, 0.25) is 0 Å². The lowest BCUT2D eigenvalue weighted by atomic mass is 10.3. The number of thiophene rings is 1. The summed E-state index contributed by atoms with van der Waals surface area (Å²) in [5.41, 5.74) is 0. The normalized spacial score (nSPS) is 11.1. The van der Waals surface area contributed by atoms with Gasteiger partial charge in [-0.15, -0.1) is 35.3 Å². The van der Waals surface area contributed by atoms with E-state index in [-0.39, 0.29) is 24.0 Å². The molecule has 116 valence electrons. The fourth-order valence-electron chi connectivity index (χ4n) is 1.79. The van der Waals surface area contributed by atoms with Crippen molar-refractivity contribution in [2.45, 2.75) is 19.9 Å². The molecule has 0 aromatic carbocycles. The Morgan fingerprint density at radius 3 is 2.90 bits per heavy atom. The second-order valence-corrected chi connectivity index (χ2v) is 5.41. The van der Waals surface area contributed by atoms with Gasteiger partial charge in [0.05, 0.1) is 6.54 Å². The molecular formula is C13H20IN5OS. The molecule has 0 saturated carbocycles. The zero-order valence-corrected chi connectivity index (χ0v) is 15.5. The lowest BCUT2D eigenvalue weighted by Crippen LogP contribution is -2.39. The first-order chi connectivity index (χ1) is 9.69. The fourth-order valence-corrected chi connectivity index (χ4v) is 2.49. The van der Waals surface area contributed by atoms with Crippen LogP contribution in [-0.4, -0.2) is 41.6 Å². The van der Waals surface area contributed by atoms with E-state index in [0.29, 0.717) is 18.3 Å². The number of aromatic nitrogens is 2. The van der Waals surface area contributed by atoms with E-state index < -0.39 is 0 Å². The molecule has 0 bridgehead atoms. The highest BCUT2D eigenvalue weighted by molar-refractivity contribution is 14.0. The zero-order chi connectivity index (χ0) is 14.4. The average Bonchev–Trinajstić information content (AvgIpc) is 3.08. The summed E-state index contributed by atoms with van der Waals surface area (Å²) < 4.78 is 4.93. The van der Waals surface area contributed by atoms with Crippen LogP contribution in [-0.2, 0) is 13.0 Å². The molecule has 6 nitrogen and oxygen atoms in total. The number of guanidine groups is 1. The van der Waals surface area contributed by atoms with E-state index in [9.17, 15) is 0 Å². The van der Waals surface area contributed by atoms with Crippen molar-refractivity contribution in [3.05, 3.63) is 34.1 Å². The molecule has 0 saturated heterocycles. The van der Waals surface area contributed by atoms with Crippen molar-refractivity contribution in [2.75, 3.05) is 20.6 Å². The minimum absolute atomic E-state index is 0. The smallest absolute Gasteiger partial charge is 0.223 e. The van der Waals surface area contributed by atoms with Gasteiger partial charge in [-0.3, -0.25) is 4.99 Å². The van der Waals surface area contributed by atoms with Crippen LogP contribution in [0.15, 0.2) is 27.0 Å². The molecule has 0 aliphatic carbocycles. The molecule has 2 heterocycles. The summed E-state index contributed by atoms with van der Waals surface area (Å²) in [6.45, 7) is 3.19. The van der Waals surface area contributed by atoms with Gasteiger partial charge < -0.3 is 14.7 Å². The van der Waals surface area contributed by atoms with Crippen LogP contribution in [0.3, 0.4) is 0 Å². The number of halogens is 1. The molecule has 0 fully saturated rings. The molecule has 8 heteroatoms. The molecule has 0 aliphatic rings. The number of hydrogen-bond acceptors (Lipinski definition) is 5. The Morgan fingerprint density at radius 1 is 1.52 bits per heavy atom. The third-order valence-electron chi connectivity index (χ3n) is 2.82. The van der Waals surface area contributed by atoms with Crippen LogP contribution in [0.4, 0.5) is 0 Å². The van der Waals surface area contributed by atoms with Gasteiger partial charge in [0.15, 0.2) is 11.8 Å². The Bertz CT molecular complexity index is 555. The van der Waals surface area contributed by atoms with E-state index in [1.165, 1.54) is 4.88 Å². The first-order valence-electron chi connectivity index (χ1n) is 6.42. The maximum Gasteiger partial charge on any atom is 0.223 e. The zero-order valence-electron chi connectivity index (χ0n) is 12.4. The molecule has 1 N–H and O–H groups in total. The molecule has 0 unspecified atom stereocenters. The monoisotopic (exact) mass is 421 g/mol. The summed E-state index contributed by atoms with van der Waals surface area (Å²) in [4.78, 5) is 11.9. The number of aryl methyl sites for hydroxylation is 1. The molecular weight excluding hydrogens is 401 g/mol. The van der Waals surface area contributed by atoms with Crippen molar-refractivity contribution in [1.82, 2.24) is 20.4 Å². The van der Waals surface area contributed by atoms with Crippen LogP contribution in [0.1, 0.15) is 16.6 Å². The average molecular weight is 421 g/mol. The number of aliphatic imine (C=N–C) groups is 1. The van der Waals surface area contributed by atoms with E-state index >= 15 is 0 Å². The second kappa shape index (κ2) is 8.98. The summed E-state index contributed by atoms with van der Waals surface area (Å²) in [7, 11) is 3.79. The van der Waals surface area contributed by atoms with Crippen LogP contribution in [0.25, 0.3) is 0 Å². The summed E-state index contributed by atoms with van der Waals surface area (Å²) in [6.07, 6.45) is 1.01. The van der Waals surface area contributed by atoms with Gasteiger partial charge in [-0.25, -0.2) is 0 Å². The highest BCUT2D eigenvalue weighted by atomic mass is 127. The largest absolute Gasteiger partial charge is 0.349 e. The first kappa shape index (κ1) is 17.9. The van der Waals surface area contributed by atoms with Crippen molar-refractivity contribution in [3.8, 4) is 0 Å². The Hall–Kier alpha value is -1.16. The predicted octanol–water partition coefficient (Wildman–Crippen LogP) is 2.31. The van der Waals surface area contributed by atoms with E-state index in [0.717, 1.165) is 18.9 Å². The first-order valence-corrected chi connectivity index (χ1v) is 7.30. The van der Waals surface area contributed by atoms with Crippen molar-refractivity contribution >= 4 is 41.3 Å². The topological polar surface area (TPSA) is 66.5 Å². The fraction of sp³-hybridized carbons (Fsp3) is 0.462. The van der Waals surface area contributed by atoms with Gasteiger partial charge in [0, 0.05) is 32.4 Å². The lowest BCUT2D eigenvalue weighted by molar-refractivity contribution is 0.386. The van der Waals surface area contributed by atoms with Crippen LogP contribution in [0.5, 0.6) is 0 Å². The molecule has 2 aromatic rings. The van der Waals surface area contributed by atoms with Crippen molar-refractivity contribution in [3.63, 3.8) is 0 Å². The highest BCUT2D eigenvalue weighted by Gasteiger charge is 2.08. The lowest BCUT2D eigenvalue weighted by Gasteiger charge is -2.21.